The first-order valence-corrected chi connectivity index (χ1v) is 5.76. The quantitative estimate of drug-likeness (QED) is 0.787. The molecule has 0 bridgehead atoms. The van der Waals surface area contributed by atoms with Gasteiger partial charge in [-0.2, -0.15) is 0 Å². The molecule has 0 unspecified atom stereocenters. The van der Waals surface area contributed by atoms with E-state index < -0.39 is 6.36 Å². The molecule has 0 amide bonds. The Morgan fingerprint density at radius 1 is 1.35 bits per heavy atom. The van der Waals surface area contributed by atoms with Crippen molar-refractivity contribution in [2.24, 2.45) is 0 Å². The van der Waals surface area contributed by atoms with E-state index in [1.165, 1.54) is 12.1 Å². The summed E-state index contributed by atoms with van der Waals surface area (Å²) in [6.45, 7) is 0. The Bertz CT molecular complexity index is 421. The Morgan fingerprint density at radius 3 is 2.53 bits per heavy atom. The van der Waals surface area contributed by atoms with Gasteiger partial charge in [0.05, 0.1) is 5.88 Å². The van der Waals surface area contributed by atoms with Crippen LogP contribution in [-0.4, -0.2) is 18.0 Å². The highest BCUT2D eigenvalue weighted by Crippen LogP contribution is 2.27. The van der Waals surface area contributed by atoms with Crippen molar-refractivity contribution in [2.75, 3.05) is 5.88 Å². The Hall–Kier alpha value is -0.750. The summed E-state index contributed by atoms with van der Waals surface area (Å²) in [5.41, 5.74) is 0.407. The molecular weight excluding hydrogens is 324 g/mol. The minimum Gasteiger partial charge on any atom is -0.406 e. The van der Waals surface area contributed by atoms with E-state index in [2.05, 4.69) is 20.7 Å². The van der Waals surface area contributed by atoms with Gasteiger partial charge in [-0.1, -0.05) is 15.9 Å². The highest BCUT2D eigenvalue weighted by atomic mass is 79.9. The van der Waals surface area contributed by atoms with E-state index >= 15 is 0 Å². The van der Waals surface area contributed by atoms with E-state index in [4.69, 9.17) is 11.6 Å². The van der Waals surface area contributed by atoms with Crippen molar-refractivity contribution in [3.05, 3.63) is 28.2 Å². The maximum absolute atomic E-state index is 12.0. The smallest absolute Gasteiger partial charge is 0.406 e. The molecule has 0 fully saturated rings. The number of ketones is 1. The fourth-order valence-electron chi connectivity index (χ4n) is 1.19. The molecule has 17 heavy (non-hydrogen) atoms. The van der Waals surface area contributed by atoms with Crippen LogP contribution in [0.15, 0.2) is 22.7 Å². The Kier molecular flexibility index (Phi) is 4.82. The number of hydrogen-bond donors (Lipinski definition) is 0. The molecule has 94 valence electrons. The average molecular weight is 332 g/mol. The predicted molar refractivity (Wildman–Crippen MR) is 60.3 cm³/mol. The third kappa shape index (κ3) is 5.41. The number of Topliss-reactive ketones (excluding diaryl/α,β-unsaturated/α-hetero) is 1. The number of alkyl halides is 4. The molecule has 0 radical (unpaired) electrons. The van der Waals surface area contributed by atoms with Crippen LogP contribution >= 0.6 is 27.5 Å². The fourth-order valence-corrected chi connectivity index (χ4v) is 1.80. The molecule has 0 saturated carbocycles. The van der Waals surface area contributed by atoms with Gasteiger partial charge < -0.3 is 4.74 Å². The number of ether oxygens (including phenoxy) is 1. The molecule has 0 heterocycles. The van der Waals surface area contributed by atoms with Crippen LogP contribution < -0.4 is 4.74 Å². The second-order valence-electron chi connectivity index (χ2n) is 3.19. The molecule has 0 atom stereocenters. The maximum Gasteiger partial charge on any atom is 0.573 e. The zero-order valence-corrected chi connectivity index (χ0v) is 10.7. The summed E-state index contributed by atoms with van der Waals surface area (Å²) in [4.78, 5) is 11.1. The molecule has 0 spiro atoms. The number of carbonyl (C=O) groups excluding carboxylic acids is 1. The van der Waals surface area contributed by atoms with E-state index in [0.717, 1.165) is 6.07 Å². The van der Waals surface area contributed by atoms with Crippen LogP contribution in [0.3, 0.4) is 0 Å². The van der Waals surface area contributed by atoms with Gasteiger partial charge >= 0.3 is 6.36 Å². The highest BCUT2D eigenvalue weighted by Gasteiger charge is 2.31. The molecule has 1 rings (SSSR count). The third-order valence-corrected chi connectivity index (χ3v) is 2.47. The Labute approximate surface area is 109 Å². The van der Waals surface area contributed by atoms with Gasteiger partial charge in [0.15, 0.2) is 5.78 Å². The van der Waals surface area contributed by atoms with Gasteiger partial charge in [-0.3, -0.25) is 4.79 Å². The molecule has 0 aliphatic carbocycles. The first kappa shape index (κ1) is 14.3. The number of carbonyl (C=O) groups is 1. The SMILES string of the molecule is O=C(CCl)Cc1cc(Br)cc(OC(F)(F)F)c1. The summed E-state index contributed by atoms with van der Waals surface area (Å²) in [7, 11) is 0. The van der Waals surface area contributed by atoms with Gasteiger partial charge in [0.2, 0.25) is 0 Å². The van der Waals surface area contributed by atoms with Crippen molar-refractivity contribution in [1.82, 2.24) is 0 Å². The van der Waals surface area contributed by atoms with Crippen LogP contribution in [-0.2, 0) is 11.2 Å². The van der Waals surface area contributed by atoms with Gasteiger partial charge in [0.25, 0.3) is 0 Å². The van der Waals surface area contributed by atoms with Crippen LogP contribution in [0.5, 0.6) is 5.75 Å². The van der Waals surface area contributed by atoms with Gasteiger partial charge in [-0.25, -0.2) is 0 Å². The van der Waals surface area contributed by atoms with E-state index in [1.54, 1.807) is 0 Å². The summed E-state index contributed by atoms with van der Waals surface area (Å²) in [5, 5.41) is 0. The largest absolute Gasteiger partial charge is 0.573 e. The van der Waals surface area contributed by atoms with Gasteiger partial charge in [-0.15, -0.1) is 24.8 Å². The summed E-state index contributed by atoms with van der Waals surface area (Å²) in [6.07, 6.45) is -4.79. The minimum atomic E-state index is -4.76. The maximum atomic E-state index is 12.0. The lowest BCUT2D eigenvalue weighted by molar-refractivity contribution is -0.274. The molecule has 1 aromatic carbocycles. The summed E-state index contributed by atoms with van der Waals surface area (Å²) in [5.74, 6) is -0.825. The zero-order chi connectivity index (χ0) is 13.1. The molecule has 0 saturated heterocycles. The molecular formula is C10H7BrClF3O2. The van der Waals surface area contributed by atoms with E-state index in [0.29, 0.717) is 10.0 Å². The first-order chi connectivity index (χ1) is 7.80. The Morgan fingerprint density at radius 2 is 2.00 bits per heavy atom. The molecule has 0 N–H and O–H groups in total. The number of benzene rings is 1. The second kappa shape index (κ2) is 5.73. The van der Waals surface area contributed by atoms with Crippen LogP contribution in [0, 0.1) is 0 Å². The molecule has 7 heteroatoms. The Balaban J connectivity index is 2.90. The summed E-state index contributed by atoms with van der Waals surface area (Å²) < 4.78 is 40.2. The summed E-state index contributed by atoms with van der Waals surface area (Å²) >= 11 is 8.36. The molecule has 0 aliphatic rings. The molecule has 1 aromatic rings. The van der Waals surface area contributed by atoms with Crippen LogP contribution in [0.4, 0.5) is 13.2 Å². The molecule has 2 nitrogen and oxygen atoms in total. The van der Waals surface area contributed by atoms with Crippen molar-refractivity contribution in [1.29, 1.82) is 0 Å². The topological polar surface area (TPSA) is 26.3 Å². The molecule has 0 aromatic heterocycles. The second-order valence-corrected chi connectivity index (χ2v) is 4.38. The fraction of sp³-hybridized carbons (Fsp3) is 0.300. The van der Waals surface area contributed by atoms with Crippen LogP contribution in [0.25, 0.3) is 0 Å². The van der Waals surface area contributed by atoms with Crippen molar-refractivity contribution >= 4 is 33.3 Å². The van der Waals surface area contributed by atoms with Crippen LogP contribution in [0.2, 0.25) is 0 Å². The summed E-state index contributed by atoms with van der Waals surface area (Å²) in [6, 6.07) is 3.86. The first-order valence-electron chi connectivity index (χ1n) is 4.43. The predicted octanol–water partition coefficient (Wildman–Crippen LogP) is 3.70. The van der Waals surface area contributed by atoms with Gasteiger partial charge in [0.1, 0.15) is 5.75 Å². The monoisotopic (exact) mass is 330 g/mol. The van der Waals surface area contributed by atoms with Crippen molar-refractivity contribution < 1.29 is 22.7 Å². The average Bonchev–Trinajstić information content (AvgIpc) is 2.13. The van der Waals surface area contributed by atoms with E-state index in [9.17, 15) is 18.0 Å². The number of hydrogen-bond acceptors (Lipinski definition) is 2. The normalized spacial score (nSPS) is 11.4. The number of halogens is 5. The van der Waals surface area contributed by atoms with Crippen LogP contribution in [0.1, 0.15) is 5.56 Å². The standard InChI is InChI=1S/C10H7BrClF3O2/c11-7-1-6(2-8(16)5-12)3-9(4-7)17-10(13,14)15/h1,3-4H,2,5H2. The van der Waals surface area contributed by atoms with Crippen molar-refractivity contribution in [2.45, 2.75) is 12.8 Å². The lowest BCUT2D eigenvalue weighted by Gasteiger charge is -2.10. The van der Waals surface area contributed by atoms with Crippen molar-refractivity contribution in [3.8, 4) is 5.75 Å². The number of rotatable bonds is 4. The van der Waals surface area contributed by atoms with E-state index in [-0.39, 0.29) is 23.8 Å². The zero-order valence-electron chi connectivity index (χ0n) is 8.35. The third-order valence-electron chi connectivity index (χ3n) is 1.72. The molecule has 0 aliphatic heterocycles. The minimum absolute atomic E-state index is 0.0306. The lowest BCUT2D eigenvalue weighted by atomic mass is 10.1. The lowest BCUT2D eigenvalue weighted by Crippen LogP contribution is -2.17. The highest BCUT2D eigenvalue weighted by molar-refractivity contribution is 9.10. The van der Waals surface area contributed by atoms with Gasteiger partial charge in [0, 0.05) is 10.9 Å². The van der Waals surface area contributed by atoms with Crippen molar-refractivity contribution in [3.63, 3.8) is 0 Å². The van der Waals surface area contributed by atoms with E-state index in [1.807, 2.05) is 0 Å². The van der Waals surface area contributed by atoms with Gasteiger partial charge in [-0.05, 0) is 23.8 Å².